The maximum atomic E-state index is 13.9. The summed E-state index contributed by atoms with van der Waals surface area (Å²) >= 11 is 3.33. The summed E-state index contributed by atoms with van der Waals surface area (Å²) in [6.45, 7) is 3.02. The Hall–Kier alpha value is -0.490. The Morgan fingerprint density at radius 2 is 2.37 bits per heavy atom. The average Bonchev–Trinajstić information content (AvgIpc) is 2.92. The fourth-order valence-corrected chi connectivity index (χ4v) is 2.66. The van der Waals surface area contributed by atoms with Gasteiger partial charge in [0.1, 0.15) is 5.82 Å². The first-order valence-corrected chi connectivity index (χ1v) is 7.27. The Bertz CT molecular complexity index is 437. The van der Waals surface area contributed by atoms with Gasteiger partial charge < -0.3 is 15.2 Å². The van der Waals surface area contributed by atoms with Crippen LogP contribution in [0.4, 0.5) is 4.39 Å². The van der Waals surface area contributed by atoms with Crippen molar-refractivity contribution in [1.29, 1.82) is 0 Å². The van der Waals surface area contributed by atoms with Crippen molar-refractivity contribution >= 4 is 15.9 Å². The number of ether oxygens (including phenoxy) is 1. The van der Waals surface area contributed by atoms with Gasteiger partial charge in [0.05, 0.1) is 18.2 Å². The molecule has 1 aromatic carbocycles. The molecule has 0 bridgehead atoms. The first kappa shape index (κ1) is 14.9. The quantitative estimate of drug-likeness (QED) is 0.871. The molecule has 1 fully saturated rings. The second kappa shape index (κ2) is 6.31. The van der Waals surface area contributed by atoms with Crippen LogP contribution in [0.2, 0.25) is 0 Å². The van der Waals surface area contributed by atoms with Gasteiger partial charge in [-0.25, -0.2) is 4.39 Å². The van der Waals surface area contributed by atoms with Crippen molar-refractivity contribution in [3.63, 3.8) is 0 Å². The smallest absolute Gasteiger partial charge is 0.128 e. The Kier molecular flexibility index (Phi) is 4.95. The molecule has 1 aliphatic rings. The van der Waals surface area contributed by atoms with E-state index in [2.05, 4.69) is 21.2 Å². The topological polar surface area (TPSA) is 41.5 Å². The highest BCUT2D eigenvalue weighted by atomic mass is 79.9. The summed E-state index contributed by atoms with van der Waals surface area (Å²) in [5.74, 6) is -0.320. The summed E-state index contributed by atoms with van der Waals surface area (Å²) in [5.41, 5.74) is -0.345. The molecule has 1 aromatic rings. The standard InChI is InChI=1S/C14H19BrFNO2/c1-14(9-18,17-8-11-3-2-6-19-11)12-7-10(15)4-5-13(12)16/h4-5,7,11,17-18H,2-3,6,8-9H2,1H3. The van der Waals surface area contributed by atoms with E-state index < -0.39 is 5.54 Å². The van der Waals surface area contributed by atoms with E-state index in [1.165, 1.54) is 6.07 Å². The Labute approximate surface area is 121 Å². The Balaban J connectivity index is 2.13. The highest BCUT2D eigenvalue weighted by Crippen LogP contribution is 2.27. The highest BCUT2D eigenvalue weighted by Gasteiger charge is 2.30. The predicted molar refractivity (Wildman–Crippen MR) is 75.5 cm³/mol. The molecule has 2 rings (SSSR count). The van der Waals surface area contributed by atoms with Gasteiger partial charge in [-0.05, 0) is 38.0 Å². The average molecular weight is 332 g/mol. The van der Waals surface area contributed by atoms with Gasteiger partial charge >= 0.3 is 0 Å². The van der Waals surface area contributed by atoms with Crippen molar-refractivity contribution in [2.24, 2.45) is 0 Å². The fourth-order valence-electron chi connectivity index (χ4n) is 2.30. The summed E-state index contributed by atoms with van der Waals surface area (Å²) < 4.78 is 20.3. The molecule has 0 amide bonds. The molecule has 1 aliphatic heterocycles. The largest absolute Gasteiger partial charge is 0.394 e. The van der Waals surface area contributed by atoms with E-state index in [0.717, 1.165) is 23.9 Å². The minimum Gasteiger partial charge on any atom is -0.394 e. The van der Waals surface area contributed by atoms with Gasteiger partial charge in [0.15, 0.2) is 0 Å². The molecule has 5 heteroatoms. The van der Waals surface area contributed by atoms with Gasteiger partial charge in [-0.1, -0.05) is 15.9 Å². The normalized spacial score (nSPS) is 22.4. The molecule has 2 atom stereocenters. The van der Waals surface area contributed by atoms with Gasteiger partial charge in [0.25, 0.3) is 0 Å². The summed E-state index contributed by atoms with van der Waals surface area (Å²) in [6.07, 6.45) is 2.23. The number of benzene rings is 1. The summed E-state index contributed by atoms with van der Waals surface area (Å²) in [7, 11) is 0. The summed E-state index contributed by atoms with van der Waals surface area (Å²) in [6, 6.07) is 4.76. The zero-order chi connectivity index (χ0) is 13.9. The van der Waals surface area contributed by atoms with Crippen molar-refractivity contribution in [3.8, 4) is 0 Å². The molecule has 3 nitrogen and oxygen atoms in total. The number of nitrogens with one attached hydrogen (secondary N) is 1. The third-order valence-corrected chi connectivity index (χ3v) is 4.08. The lowest BCUT2D eigenvalue weighted by atomic mass is 9.92. The first-order chi connectivity index (χ1) is 9.05. The molecule has 0 saturated carbocycles. The minimum atomic E-state index is -0.806. The second-order valence-electron chi connectivity index (χ2n) is 5.13. The highest BCUT2D eigenvalue weighted by molar-refractivity contribution is 9.10. The maximum Gasteiger partial charge on any atom is 0.128 e. The SMILES string of the molecule is CC(CO)(NCC1CCCO1)c1cc(Br)ccc1F. The molecule has 1 saturated heterocycles. The number of rotatable bonds is 5. The molecule has 0 radical (unpaired) electrons. The fraction of sp³-hybridized carbons (Fsp3) is 0.571. The van der Waals surface area contributed by atoms with Crippen LogP contribution in [0.3, 0.4) is 0 Å². The molecule has 19 heavy (non-hydrogen) atoms. The third kappa shape index (κ3) is 3.54. The number of hydrogen-bond donors (Lipinski definition) is 2. The van der Waals surface area contributed by atoms with Gasteiger partial charge in [-0.15, -0.1) is 0 Å². The molecule has 1 heterocycles. The summed E-state index contributed by atoms with van der Waals surface area (Å²) in [4.78, 5) is 0. The van der Waals surface area contributed by atoms with Crippen LogP contribution in [0.25, 0.3) is 0 Å². The van der Waals surface area contributed by atoms with E-state index in [9.17, 15) is 9.50 Å². The second-order valence-corrected chi connectivity index (χ2v) is 6.05. The lowest BCUT2D eigenvalue weighted by molar-refractivity contribution is 0.0902. The minimum absolute atomic E-state index is 0.154. The van der Waals surface area contributed by atoms with Crippen LogP contribution < -0.4 is 5.32 Å². The lowest BCUT2D eigenvalue weighted by Crippen LogP contribution is -2.46. The van der Waals surface area contributed by atoms with Crippen molar-refractivity contribution < 1.29 is 14.2 Å². The third-order valence-electron chi connectivity index (χ3n) is 3.58. The number of hydrogen-bond acceptors (Lipinski definition) is 3. The van der Waals surface area contributed by atoms with Gasteiger partial charge in [-0.3, -0.25) is 0 Å². The van der Waals surface area contributed by atoms with Crippen molar-refractivity contribution in [3.05, 3.63) is 34.1 Å². The van der Waals surface area contributed by atoms with E-state index in [4.69, 9.17) is 4.74 Å². The number of halogens is 2. The first-order valence-electron chi connectivity index (χ1n) is 6.48. The predicted octanol–water partition coefficient (Wildman–Crippen LogP) is 2.56. The van der Waals surface area contributed by atoms with E-state index >= 15 is 0 Å². The van der Waals surface area contributed by atoms with Crippen LogP contribution in [-0.4, -0.2) is 31.0 Å². The zero-order valence-electron chi connectivity index (χ0n) is 11.0. The van der Waals surface area contributed by atoms with E-state index in [-0.39, 0.29) is 18.5 Å². The number of aliphatic hydroxyl groups excluding tert-OH is 1. The molecular weight excluding hydrogens is 313 g/mol. The molecule has 2 N–H and O–H groups in total. The lowest BCUT2D eigenvalue weighted by Gasteiger charge is -2.31. The van der Waals surface area contributed by atoms with Gasteiger partial charge in [0.2, 0.25) is 0 Å². The van der Waals surface area contributed by atoms with Crippen LogP contribution in [0, 0.1) is 5.82 Å². The van der Waals surface area contributed by atoms with Crippen LogP contribution >= 0.6 is 15.9 Å². The van der Waals surface area contributed by atoms with Crippen molar-refractivity contribution in [1.82, 2.24) is 5.32 Å². The van der Waals surface area contributed by atoms with E-state index in [0.29, 0.717) is 12.1 Å². The van der Waals surface area contributed by atoms with Crippen LogP contribution in [0.1, 0.15) is 25.3 Å². The van der Waals surface area contributed by atoms with Crippen molar-refractivity contribution in [2.45, 2.75) is 31.4 Å². The number of aliphatic hydroxyl groups is 1. The Morgan fingerprint density at radius 3 is 3.00 bits per heavy atom. The van der Waals surface area contributed by atoms with Gasteiger partial charge in [0, 0.05) is 23.2 Å². The monoisotopic (exact) mass is 331 g/mol. The van der Waals surface area contributed by atoms with Gasteiger partial charge in [-0.2, -0.15) is 0 Å². The molecule has 106 valence electrons. The molecule has 0 aromatic heterocycles. The summed E-state index contributed by atoms with van der Waals surface area (Å²) in [5, 5.41) is 12.9. The molecule has 0 spiro atoms. The zero-order valence-corrected chi connectivity index (χ0v) is 12.5. The molecule has 2 unspecified atom stereocenters. The molecular formula is C14H19BrFNO2. The Morgan fingerprint density at radius 1 is 1.58 bits per heavy atom. The van der Waals surface area contributed by atoms with Crippen molar-refractivity contribution in [2.75, 3.05) is 19.8 Å². The molecule has 0 aliphatic carbocycles. The maximum absolute atomic E-state index is 13.9. The van der Waals surface area contributed by atoms with Crippen LogP contribution in [0.5, 0.6) is 0 Å². The van der Waals surface area contributed by atoms with Crippen LogP contribution in [-0.2, 0) is 10.3 Å². The van der Waals surface area contributed by atoms with Crippen LogP contribution in [0.15, 0.2) is 22.7 Å². The van der Waals surface area contributed by atoms with E-state index in [1.807, 2.05) is 0 Å². The van der Waals surface area contributed by atoms with E-state index in [1.54, 1.807) is 19.1 Å².